The van der Waals surface area contributed by atoms with Crippen LogP contribution in [0.2, 0.25) is 0 Å². The quantitative estimate of drug-likeness (QED) is 0.800. The Bertz CT molecular complexity index is 597. The number of rotatable bonds is 1. The fourth-order valence-electron chi connectivity index (χ4n) is 3.02. The number of benzene rings is 1. The second kappa shape index (κ2) is 5.76. The lowest BCUT2D eigenvalue weighted by Crippen LogP contribution is -2.54. The minimum atomic E-state index is -0.504. The Hall–Kier alpha value is -2.24. The summed E-state index contributed by atoms with van der Waals surface area (Å²) in [5, 5.41) is 0. The number of piperazine rings is 1. The Kier molecular flexibility index (Phi) is 3.92. The Morgan fingerprint density at radius 3 is 2.48 bits per heavy atom. The van der Waals surface area contributed by atoms with Crippen LogP contribution < -0.4 is 4.90 Å². The predicted octanol–water partition coefficient (Wildman–Crippen LogP) is 2.55. The van der Waals surface area contributed by atoms with Crippen molar-refractivity contribution in [1.29, 1.82) is 0 Å². The van der Waals surface area contributed by atoms with Crippen LogP contribution in [0.15, 0.2) is 30.3 Å². The highest BCUT2D eigenvalue weighted by Crippen LogP contribution is 2.26. The van der Waals surface area contributed by atoms with Gasteiger partial charge in [-0.3, -0.25) is 4.90 Å². The molecule has 6 nitrogen and oxygen atoms in total. The van der Waals surface area contributed by atoms with Crippen molar-refractivity contribution in [3.05, 3.63) is 30.3 Å². The highest BCUT2D eigenvalue weighted by Gasteiger charge is 2.42. The Morgan fingerprint density at radius 1 is 1.13 bits per heavy atom. The third-order valence-electron chi connectivity index (χ3n) is 4.07. The van der Waals surface area contributed by atoms with E-state index in [9.17, 15) is 9.59 Å². The maximum Gasteiger partial charge on any atom is 0.410 e. The van der Waals surface area contributed by atoms with Crippen molar-refractivity contribution in [1.82, 2.24) is 9.80 Å². The number of ether oxygens (including phenoxy) is 1. The van der Waals surface area contributed by atoms with E-state index in [-0.39, 0.29) is 18.2 Å². The molecule has 124 valence electrons. The van der Waals surface area contributed by atoms with Gasteiger partial charge in [-0.1, -0.05) is 18.2 Å². The first-order valence-electron chi connectivity index (χ1n) is 7.96. The summed E-state index contributed by atoms with van der Waals surface area (Å²) in [4.78, 5) is 30.1. The zero-order chi connectivity index (χ0) is 16.6. The van der Waals surface area contributed by atoms with Crippen LogP contribution in [0, 0.1) is 0 Å². The van der Waals surface area contributed by atoms with Gasteiger partial charge in [0.1, 0.15) is 5.60 Å². The molecule has 0 aliphatic carbocycles. The maximum atomic E-state index is 12.6. The molecular formula is C17H23N3O3. The number of carbonyl (C=O) groups excluding carboxylic acids is 2. The largest absolute Gasteiger partial charge is 0.444 e. The van der Waals surface area contributed by atoms with E-state index in [0.717, 1.165) is 5.69 Å². The van der Waals surface area contributed by atoms with Gasteiger partial charge in [-0.15, -0.1) is 0 Å². The molecule has 2 fully saturated rings. The zero-order valence-electron chi connectivity index (χ0n) is 13.9. The Labute approximate surface area is 136 Å². The molecule has 0 spiro atoms. The van der Waals surface area contributed by atoms with Gasteiger partial charge in [0, 0.05) is 31.9 Å². The maximum absolute atomic E-state index is 12.6. The number of amides is 3. The van der Waals surface area contributed by atoms with Crippen LogP contribution in [-0.2, 0) is 4.74 Å². The molecule has 0 saturated carbocycles. The van der Waals surface area contributed by atoms with Crippen molar-refractivity contribution in [2.45, 2.75) is 32.4 Å². The van der Waals surface area contributed by atoms with E-state index in [1.165, 1.54) is 0 Å². The van der Waals surface area contributed by atoms with E-state index in [2.05, 4.69) is 0 Å². The summed E-state index contributed by atoms with van der Waals surface area (Å²) in [5.41, 5.74) is 0.395. The molecule has 1 aromatic rings. The van der Waals surface area contributed by atoms with E-state index in [0.29, 0.717) is 26.2 Å². The third-order valence-corrected chi connectivity index (χ3v) is 4.07. The topological polar surface area (TPSA) is 53.1 Å². The molecule has 23 heavy (non-hydrogen) atoms. The van der Waals surface area contributed by atoms with Crippen LogP contribution in [0.25, 0.3) is 0 Å². The Balaban J connectivity index is 1.68. The summed E-state index contributed by atoms with van der Waals surface area (Å²) in [5.74, 6) is 0. The van der Waals surface area contributed by atoms with Gasteiger partial charge in [0.25, 0.3) is 0 Å². The van der Waals surface area contributed by atoms with E-state index >= 15 is 0 Å². The Morgan fingerprint density at radius 2 is 1.83 bits per heavy atom. The van der Waals surface area contributed by atoms with Gasteiger partial charge >= 0.3 is 12.1 Å². The summed E-state index contributed by atoms with van der Waals surface area (Å²) < 4.78 is 5.43. The van der Waals surface area contributed by atoms with Crippen LogP contribution in [0.5, 0.6) is 0 Å². The molecule has 0 bridgehead atoms. The van der Waals surface area contributed by atoms with Gasteiger partial charge < -0.3 is 14.5 Å². The minimum absolute atomic E-state index is 0.0176. The molecule has 2 aliphatic heterocycles. The molecule has 2 aliphatic rings. The van der Waals surface area contributed by atoms with Crippen molar-refractivity contribution < 1.29 is 14.3 Å². The number of hydrogen-bond acceptors (Lipinski definition) is 3. The lowest BCUT2D eigenvalue weighted by atomic mass is 10.2. The zero-order valence-corrected chi connectivity index (χ0v) is 13.9. The van der Waals surface area contributed by atoms with Gasteiger partial charge in [-0.25, -0.2) is 9.59 Å². The molecule has 6 heteroatoms. The molecule has 3 amide bonds. The van der Waals surface area contributed by atoms with Crippen LogP contribution >= 0.6 is 0 Å². The van der Waals surface area contributed by atoms with Crippen LogP contribution in [0.1, 0.15) is 20.8 Å². The van der Waals surface area contributed by atoms with Crippen molar-refractivity contribution in [2.24, 2.45) is 0 Å². The molecule has 1 unspecified atom stereocenters. The van der Waals surface area contributed by atoms with Crippen LogP contribution in [0.3, 0.4) is 0 Å². The van der Waals surface area contributed by atoms with Crippen molar-refractivity contribution in [2.75, 3.05) is 31.1 Å². The summed E-state index contributed by atoms with van der Waals surface area (Å²) in [6.07, 6.45) is -0.303. The average molecular weight is 317 g/mol. The van der Waals surface area contributed by atoms with Gasteiger partial charge in [-0.2, -0.15) is 0 Å². The fraction of sp³-hybridized carbons (Fsp3) is 0.529. The monoisotopic (exact) mass is 317 g/mol. The predicted molar refractivity (Wildman–Crippen MR) is 87.5 cm³/mol. The number of anilines is 1. The SMILES string of the molecule is CC(C)(C)OC(=O)N1CCN2C(=O)N(c3ccccc3)CC2C1. The second-order valence-corrected chi connectivity index (χ2v) is 7.00. The molecule has 2 saturated heterocycles. The number of carbonyl (C=O) groups is 2. The fourth-order valence-corrected chi connectivity index (χ4v) is 3.02. The average Bonchev–Trinajstić information content (AvgIpc) is 2.83. The number of urea groups is 1. The molecule has 0 radical (unpaired) electrons. The van der Waals surface area contributed by atoms with E-state index in [1.807, 2.05) is 56.0 Å². The number of hydrogen-bond donors (Lipinski definition) is 0. The normalized spacial score (nSPS) is 21.4. The molecule has 0 aromatic heterocycles. The van der Waals surface area contributed by atoms with Gasteiger partial charge in [0.2, 0.25) is 0 Å². The van der Waals surface area contributed by atoms with Crippen LogP contribution in [-0.4, -0.2) is 59.7 Å². The third kappa shape index (κ3) is 3.25. The molecule has 1 atom stereocenters. The van der Waals surface area contributed by atoms with Crippen molar-refractivity contribution >= 4 is 17.8 Å². The van der Waals surface area contributed by atoms with E-state index < -0.39 is 5.60 Å². The van der Waals surface area contributed by atoms with E-state index in [4.69, 9.17) is 4.74 Å². The first-order valence-corrected chi connectivity index (χ1v) is 7.96. The lowest BCUT2D eigenvalue weighted by molar-refractivity contribution is 0.0128. The van der Waals surface area contributed by atoms with Gasteiger partial charge in [0.15, 0.2) is 0 Å². The first kappa shape index (κ1) is 15.6. The lowest BCUT2D eigenvalue weighted by Gasteiger charge is -2.36. The summed E-state index contributed by atoms with van der Waals surface area (Å²) in [6, 6.07) is 9.68. The smallest absolute Gasteiger partial charge is 0.410 e. The standard InChI is InChI=1S/C17H23N3O3/c1-17(2,3)23-16(22)18-9-10-19-14(11-18)12-20(15(19)21)13-7-5-4-6-8-13/h4-8,14H,9-12H2,1-3H3. The second-order valence-electron chi connectivity index (χ2n) is 7.00. The molecule has 0 N–H and O–H groups in total. The van der Waals surface area contributed by atoms with Gasteiger partial charge in [-0.05, 0) is 32.9 Å². The summed E-state index contributed by atoms with van der Waals surface area (Å²) >= 11 is 0. The summed E-state index contributed by atoms with van der Waals surface area (Å²) in [7, 11) is 0. The van der Waals surface area contributed by atoms with Crippen molar-refractivity contribution in [3.63, 3.8) is 0 Å². The minimum Gasteiger partial charge on any atom is -0.444 e. The summed E-state index contributed by atoms with van der Waals surface area (Å²) in [6.45, 7) is 7.75. The molecule has 2 heterocycles. The number of para-hydroxylation sites is 1. The highest BCUT2D eigenvalue weighted by atomic mass is 16.6. The molecular weight excluding hydrogens is 294 g/mol. The van der Waals surface area contributed by atoms with Crippen molar-refractivity contribution in [3.8, 4) is 0 Å². The number of fused-ring (bicyclic) bond motifs is 1. The van der Waals surface area contributed by atoms with Crippen LogP contribution in [0.4, 0.5) is 15.3 Å². The highest BCUT2D eigenvalue weighted by molar-refractivity contribution is 5.94. The number of nitrogens with zero attached hydrogens (tertiary/aromatic N) is 3. The van der Waals surface area contributed by atoms with Gasteiger partial charge in [0.05, 0.1) is 6.04 Å². The molecule has 1 aromatic carbocycles. The molecule has 3 rings (SSSR count). The van der Waals surface area contributed by atoms with E-state index in [1.54, 1.807) is 9.80 Å². The first-order chi connectivity index (χ1) is 10.8.